The summed E-state index contributed by atoms with van der Waals surface area (Å²) < 4.78 is 5.23. The van der Waals surface area contributed by atoms with E-state index < -0.39 is 0 Å². The third kappa shape index (κ3) is 2.50. The van der Waals surface area contributed by atoms with Crippen molar-refractivity contribution in [3.05, 3.63) is 11.3 Å². The molecule has 0 spiro atoms. The van der Waals surface area contributed by atoms with Crippen molar-refractivity contribution in [1.82, 2.24) is 5.16 Å². The number of nitrogens with two attached hydrogens (primary N) is 1. The maximum atomic E-state index is 5.74. The molecular formula is C11H20N2O. The smallest absolute Gasteiger partial charge is 0.170 e. The van der Waals surface area contributed by atoms with Crippen molar-refractivity contribution < 1.29 is 4.52 Å². The lowest BCUT2D eigenvalue weighted by Gasteiger charge is -2.04. The minimum atomic E-state index is 0.401. The van der Waals surface area contributed by atoms with Gasteiger partial charge in [0.2, 0.25) is 0 Å². The summed E-state index contributed by atoms with van der Waals surface area (Å²) in [5, 5.41) is 3.82. The van der Waals surface area contributed by atoms with Crippen LogP contribution >= 0.6 is 0 Å². The van der Waals surface area contributed by atoms with Crippen LogP contribution in [-0.2, 0) is 6.42 Å². The van der Waals surface area contributed by atoms with Gasteiger partial charge in [0.25, 0.3) is 0 Å². The van der Waals surface area contributed by atoms with Crippen LogP contribution in [0.4, 0.5) is 5.82 Å². The largest absolute Gasteiger partial charge is 0.381 e. The quantitative estimate of drug-likeness (QED) is 0.736. The van der Waals surface area contributed by atoms with Gasteiger partial charge in [0.05, 0.1) is 0 Å². The molecule has 1 rings (SSSR count). The van der Waals surface area contributed by atoms with Gasteiger partial charge in [-0.15, -0.1) is 0 Å². The van der Waals surface area contributed by atoms with E-state index in [4.69, 9.17) is 10.3 Å². The predicted molar refractivity (Wildman–Crippen MR) is 58.2 cm³/mol. The van der Waals surface area contributed by atoms with Gasteiger partial charge >= 0.3 is 0 Å². The number of nitrogens with zero attached hydrogens (tertiary/aromatic N) is 1. The van der Waals surface area contributed by atoms with Crippen molar-refractivity contribution in [2.45, 2.75) is 52.4 Å². The van der Waals surface area contributed by atoms with E-state index in [0.717, 1.165) is 24.2 Å². The SMILES string of the molecule is CCCCCc1onc(N)c1C(C)C. The molecule has 1 aromatic rings. The number of nitrogen functional groups attached to an aromatic ring is 1. The molecule has 2 N–H and O–H groups in total. The van der Waals surface area contributed by atoms with E-state index in [0.29, 0.717) is 11.7 Å². The molecule has 0 aromatic carbocycles. The summed E-state index contributed by atoms with van der Waals surface area (Å²) in [7, 11) is 0. The summed E-state index contributed by atoms with van der Waals surface area (Å²) in [6, 6.07) is 0. The van der Waals surface area contributed by atoms with Crippen LogP contribution in [0.1, 0.15) is 57.3 Å². The average Bonchev–Trinajstić information content (AvgIpc) is 2.47. The summed E-state index contributed by atoms with van der Waals surface area (Å²) in [4.78, 5) is 0. The first-order chi connectivity index (χ1) is 6.66. The van der Waals surface area contributed by atoms with Gasteiger partial charge in [-0.1, -0.05) is 38.8 Å². The van der Waals surface area contributed by atoms with E-state index >= 15 is 0 Å². The topological polar surface area (TPSA) is 52.0 Å². The van der Waals surface area contributed by atoms with Gasteiger partial charge in [-0.25, -0.2) is 0 Å². The summed E-state index contributed by atoms with van der Waals surface area (Å²) in [6.45, 7) is 6.43. The van der Waals surface area contributed by atoms with Crippen molar-refractivity contribution in [2.24, 2.45) is 0 Å². The minimum Gasteiger partial charge on any atom is -0.381 e. The molecule has 0 saturated carbocycles. The second-order valence-electron chi connectivity index (χ2n) is 4.02. The van der Waals surface area contributed by atoms with E-state index in [9.17, 15) is 0 Å². The Morgan fingerprint density at radius 2 is 2.07 bits per heavy atom. The van der Waals surface area contributed by atoms with Crippen LogP contribution < -0.4 is 5.73 Å². The Hall–Kier alpha value is -0.990. The van der Waals surface area contributed by atoms with Crippen LogP contribution in [0.15, 0.2) is 4.52 Å². The van der Waals surface area contributed by atoms with E-state index in [1.165, 1.54) is 12.8 Å². The molecule has 0 fully saturated rings. The molecule has 0 bridgehead atoms. The molecule has 1 aromatic heterocycles. The zero-order valence-electron chi connectivity index (χ0n) is 9.34. The highest BCUT2D eigenvalue weighted by molar-refractivity contribution is 5.42. The highest BCUT2D eigenvalue weighted by Crippen LogP contribution is 2.26. The Morgan fingerprint density at radius 1 is 1.36 bits per heavy atom. The molecular weight excluding hydrogens is 176 g/mol. The maximum absolute atomic E-state index is 5.74. The number of aryl methyl sites for hydroxylation is 1. The zero-order valence-corrected chi connectivity index (χ0v) is 9.34. The van der Waals surface area contributed by atoms with Gasteiger partial charge in [0.1, 0.15) is 5.76 Å². The molecule has 3 heteroatoms. The number of rotatable bonds is 5. The van der Waals surface area contributed by atoms with Crippen molar-refractivity contribution in [2.75, 3.05) is 5.73 Å². The molecule has 0 unspecified atom stereocenters. The van der Waals surface area contributed by atoms with E-state index in [-0.39, 0.29) is 0 Å². The molecule has 3 nitrogen and oxygen atoms in total. The van der Waals surface area contributed by atoms with Crippen LogP contribution in [-0.4, -0.2) is 5.16 Å². The molecule has 14 heavy (non-hydrogen) atoms. The Balaban J connectivity index is 2.66. The summed E-state index contributed by atoms with van der Waals surface area (Å²) >= 11 is 0. The van der Waals surface area contributed by atoms with Gasteiger partial charge < -0.3 is 10.3 Å². The molecule has 0 radical (unpaired) electrons. The molecule has 0 aliphatic rings. The summed E-state index contributed by atoms with van der Waals surface area (Å²) in [6.07, 6.45) is 4.58. The van der Waals surface area contributed by atoms with Crippen LogP contribution in [0.25, 0.3) is 0 Å². The fourth-order valence-corrected chi connectivity index (χ4v) is 1.68. The first kappa shape index (κ1) is 11.1. The third-order valence-electron chi connectivity index (χ3n) is 2.42. The highest BCUT2D eigenvalue weighted by Gasteiger charge is 2.15. The second-order valence-corrected chi connectivity index (χ2v) is 4.02. The monoisotopic (exact) mass is 196 g/mol. The molecule has 80 valence electrons. The van der Waals surface area contributed by atoms with Crippen LogP contribution in [0.2, 0.25) is 0 Å². The molecule has 0 saturated heterocycles. The van der Waals surface area contributed by atoms with Crippen molar-refractivity contribution in [3.8, 4) is 0 Å². The normalized spacial score (nSPS) is 11.1. The van der Waals surface area contributed by atoms with Crippen molar-refractivity contribution >= 4 is 5.82 Å². The van der Waals surface area contributed by atoms with E-state index in [1.54, 1.807) is 0 Å². The van der Waals surface area contributed by atoms with E-state index in [1.807, 2.05) is 0 Å². The maximum Gasteiger partial charge on any atom is 0.170 e. The fourth-order valence-electron chi connectivity index (χ4n) is 1.68. The lowest BCUT2D eigenvalue weighted by atomic mass is 10.0. The molecule has 0 atom stereocenters. The Kier molecular flexibility index (Phi) is 3.98. The lowest BCUT2D eigenvalue weighted by molar-refractivity contribution is 0.379. The van der Waals surface area contributed by atoms with Gasteiger partial charge in [-0.3, -0.25) is 0 Å². The Labute approximate surface area is 85.7 Å². The molecule has 0 aliphatic carbocycles. The zero-order chi connectivity index (χ0) is 10.6. The summed E-state index contributed by atoms with van der Waals surface area (Å²) in [5.41, 5.74) is 6.84. The van der Waals surface area contributed by atoms with E-state index in [2.05, 4.69) is 25.9 Å². The van der Waals surface area contributed by atoms with Crippen LogP contribution in [0, 0.1) is 0 Å². The van der Waals surface area contributed by atoms with Gasteiger partial charge in [-0.2, -0.15) is 0 Å². The highest BCUT2D eigenvalue weighted by atomic mass is 16.5. The first-order valence-corrected chi connectivity index (χ1v) is 5.40. The molecule has 1 heterocycles. The number of hydrogen-bond acceptors (Lipinski definition) is 3. The summed E-state index contributed by atoms with van der Waals surface area (Å²) in [5.74, 6) is 1.94. The Morgan fingerprint density at radius 3 is 2.64 bits per heavy atom. The second kappa shape index (κ2) is 5.03. The fraction of sp³-hybridized carbons (Fsp3) is 0.727. The first-order valence-electron chi connectivity index (χ1n) is 5.40. The predicted octanol–water partition coefficient (Wildman–Crippen LogP) is 3.11. The van der Waals surface area contributed by atoms with Crippen LogP contribution in [0.3, 0.4) is 0 Å². The van der Waals surface area contributed by atoms with Crippen molar-refractivity contribution in [3.63, 3.8) is 0 Å². The van der Waals surface area contributed by atoms with Crippen molar-refractivity contribution in [1.29, 1.82) is 0 Å². The number of anilines is 1. The van der Waals surface area contributed by atoms with Gasteiger partial charge in [0, 0.05) is 12.0 Å². The lowest BCUT2D eigenvalue weighted by Crippen LogP contribution is -1.97. The average molecular weight is 196 g/mol. The molecule has 0 amide bonds. The Bertz CT molecular complexity index is 279. The standard InChI is InChI=1S/C11H20N2O/c1-4-5-6-7-9-10(8(2)3)11(12)13-14-9/h8H,4-7H2,1-3H3,(H2,12,13). The number of hydrogen-bond donors (Lipinski definition) is 1. The minimum absolute atomic E-state index is 0.401. The molecule has 0 aliphatic heterocycles. The number of aromatic nitrogens is 1. The van der Waals surface area contributed by atoms with Gasteiger partial charge in [-0.05, 0) is 12.3 Å². The third-order valence-corrected chi connectivity index (χ3v) is 2.42. The number of unbranched alkanes of at least 4 members (excludes halogenated alkanes) is 2. The van der Waals surface area contributed by atoms with Gasteiger partial charge in [0.15, 0.2) is 5.82 Å². The van der Waals surface area contributed by atoms with Crippen LogP contribution in [0.5, 0.6) is 0 Å².